The number of thiophene rings is 2. The monoisotopic (exact) mass is 624 g/mol. The SMILES string of the molecule is c1ccc(N(c2ccccc2)c2ccc3c(c2)sc2cc(N(c4ccccc4)c4ccc5c(c4)sc4ccccc45)ccc23)cc1. The maximum absolute atomic E-state index is 2.38. The molecule has 2 aromatic heterocycles. The second kappa shape index (κ2) is 11.2. The zero-order valence-electron chi connectivity index (χ0n) is 24.9. The summed E-state index contributed by atoms with van der Waals surface area (Å²) in [7, 11) is 0. The first-order valence-electron chi connectivity index (χ1n) is 15.4. The maximum Gasteiger partial charge on any atom is 0.0476 e. The van der Waals surface area contributed by atoms with Gasteiger partial charge in [-0.3, -0.25) is 0 Å². The summed E-state index contributed by atoms with van der Waals surface area (Å²) in [6.07, 6.45) is 0. The molecule has 4 heteroatoms. The molecule has 0 aliphatic heterocycles. The average Bonchev–Trinajstić information content (AvgIpc) is 3.67. The van der Waals surface area contributed by atoms with Gasteiger partial charge >= 0.3 is 0 Å². The van der Waals surface area contributed by atoms with E-state index >= 15 is 0 Å². The first kappa shape index (κ1) is 26.9. The number of para-hydroxylation sites is 3. The number of anilines is 6. The molecule has 0 bridgehead atoms. The molecular formula is C42H28N2S2. The van der Waals surface area contributed by atoms with Crippen molar-refractivity contribution in [3.8, 4) is 0 Å². The van der Waals surface area contributed by atoms with E-state index < -0.39 is 0 Å². The molecule has 0 saturated carbocycles. The van der Waals surface area contributed by atoms with Crippen LogP contribution in [-0.4, -0.2) is 0 Å². The fraction of sp³-hybridized carbons (Fsp3) is 0. The van der Waals surface area contributed by atoms with Gasteiger partial charge in [0.15, 0.2) is 0 Å². The Morgan fingerprint density at radius 3 is 1.02 bits per heavy atom. The third-order valence-electron chi connectivity index (χ3n) is 8.62. The average molecular weight is 625 g/mol. The minimum atomic E-state index is 1.14. The highest BCUT2D eigenvalue weighted by atomic mass is 32.1. The van der Waals surface area contributed by atoms with Crippen LogP contribution in [0.4, 0.5) is 34.1 Å². The molecule has 218 valence electrons. The second-order valence-electron chi connectivity index (χ2n) is 11.4. The Hall–Kier alpha value is -5.42. The van der Waals surface area contributed by atoms with E-state index in [4.69, 9.17) is 0 Å². The van der Waals surface area contributed by atoms with E-state index in [-0.39, 0.29) is 0 Å². The Morgan fingerprint density at radius 2 is 0.587 bits per heavy atom. The molecule has 0 unspecified atom stereocenters. The van der Waals surface area contributed by atoms with Gasteiger partial charge in [-0.05, 0) is 78.9 Å². The molecule has 0 atom stereocenters. The molecule has 0 saturated heterocycles. The smallest absolute Gasteiger partial charge is 0.0476 e. The van der Waals surface area contributed by atoms with Crippen LogP contribution in [0.2, 0.25) is 0 Å². The van der Waals surface area contributed by atoms with Gasteiger partial charge in [0.25, 0.3) is 0 Å². The van der Waals surface area contributed by atoms with E-state index in [1.54, 1.807) is 0 Å². The molecule has 2 heterocycles. The third-order valence-corrected chi connectivity index (χ3v) is 10.9. The molecule has 2 nitrogen and oxygen atoms in total. The summed E-state index contributed by atoms with van der Waals surface area (Å²) in [5, 5.41) is 5.21. The Balaban J connectivity index is 1.17. The van der Waals surface area contributed by atoms with E-state index in [0.29, 0.717) is 0 Å². The number of fused-ring (bicyclic) bond motifs is 6. The summed E-state index contributed by atoms with van der Waals surface area (Å²) >= 11 is 3.72. The molecule has 0 aliphatic carbocycles. The van der Waals surface area contributed by atoms with E-state index in [0.717, 1.165) is 34.1 Å². The Labute approximate surface area is 275 Å². The zero-order chi connectivity index (χ0) is 30.5. The van der Waals surface area contributed by atoms with Crippen molar-refractivity contribution in [1.29, 1.82) is 0 Å². The van der Waals surface area contributed by atoms with Gasteiger partial charge in [0.05, 0.1) is 0 Å². The fourth-order valence-electron chi connectivity index (χ4n) is 6.51. The van der Waals surface area contributed by atoms with Gasteiger partial charge in [0, 0.05) is 74.5 Å². The molecule has 0 amide bonds. The molecule has 9 rings (SSSR count). The fourth-order valence-corrected chi connectivity index (χ4v) is 8.82. The van der Waals surface area contributed by atoms with Crippen LogP contribution in [0, 0.1) is 0 Å². The predicted octanol–water partition coefficient (Wildman–Crippen LogP) is 13.4. The molecule has 0 fully saturated rings. The maximum atomic E-state index is 2.38. The summed E-state index contributed by atoms with van der Waals surface area (Å²) in [6.45, 7) is 0. The van der Waals surface area contributed by atoms with E-state index in [9.17, 15) is 0 Å². The van der Waals surface area contributed by atoms with Crippen molar-refractivity contribution in [3.63, 3.8) is 0 Å². The number of nitrogens with zero attached hydrogens (tertiary/aromatic N) is 2. The Bertz CT molecular complexity index is 2440. The van der Waals surface area contributed by atoms with Gasteiger partial charge < -0.3 is 9.80 Å². The number of benzene rings is 7. The lowest BCUT2D eigenvalue weighted by Crippen LogP contribution is -2.09. The Kier molecular flexibility index (Phi) is 6.55. The lowest BCUT2D eigenvalue weighted by atomic mass is 10.1. The molecule has 0 aliphatic rings. The van der Waals surface area contributed by atoms with Gasteiger partial charge in [-0.1, -0.05) is 91.0 Å². The van der Waals surface area contributed by atoms with Crippen molar-refractivity contribution in [2.75, 3.05) is 9.80 Å². The van der Waals surface area contributed by atoms with Crippen molar-refractivity contribution in [2.24, 2.45) is 0 Å². The van der Waals surface area contributed by atoms with Gasteiger partial charge in [-0.25, -0.2) is 0 Å². The zero-order valence-corrected chi connectivity index (χ0v) is 26.5. The highest BCUT2D eigenvalue weighted by Gasteiger charge is 2.18. The minimum Gasteiger partial charge on any atom is -0.310 e. The van der Waals surface area contributed by atoms with Crippen LogP contribution < -0.4 is 9.80 Å². The van der Waals surface area contributed by atoms with Gasteiger partial charge in [0.2, 0.25) is 0 Å². The number of rotatable bonds is 6. The third kappa shape index (κ3) is 4.62. The van der Waals surface area contributed by atoms with Crippen LogP contribution in [0.25, 0.3) is 40.3 Å². The van der Waals surface area contributed by atoms with Gasteiger partial charge in [0.1, 0.15) is 0 Å². The van der Waals surface area contributed by atoms with Crippen molar-refractivity contribution >= 4 is 97.1 Å². The van der Waals surface area contributed by atoms with Crippen LogP contribution in [0.3, 0.4) is 0 Å². The topological polar surface area (TPSA) is 6.48 Å². The standard InChI is InChI=1S/C42H28N2S2/c1-4-12-29(13-5-1)43(30-14-6-2-7-15-30)32-20-24-37-38-25-22-34(28-42(38)46-41(37)26-32)44(31-16-8-3-9-17-31)33-21-23-36-35-18-10-11-19-39(35)45-40(36)27-33/h1-28H. The predicted molar refractivity (Wildman–Crippen MR) is 202 cm³/mol. The quantitative estimate of drug-likeness (QED) is 0.182. The Morgan fingerprint density at radius 1 is 0.261 bits per heavy atom. The summed E-state index contributed by atoms with van der Waals surface area (Å²) < 4.78 is 5.18. The van der Waals surface area contributed by atoms with E-state index in [1.165, 1.54) is 40.3 Å². The summed E-state index contributed by atoms with van der Waals surface area (Å²) in [4.78, 5) is 4.71. The van der Waals surface area contributed by atoms with Crippen LogP contribution in [-0.2, 0) is 0 Å². The highest BCUT2D eigenvalue weighted by molar-refractivity contribution is 7.26. The number of hydrogen-bond acceptors (Lipinski definition) is 4. The van der Waals surface area contributed by atoms with Gasteiger partial charge in [-0.15, -0.1) is 22.7 Å². The summed E-state index contributed by atoms with van der Waals surface area (Å²) in [6, 6.07) is 61.3. The molecule has 0 N–H and O–H groups in total. The lowest BCUT2D eigenvalue weighted by Gasteiger charge is -2.25. The largest absolute Gasteiger partial charge is 0.310 e. The van der Waals surface area contributed by atoms with Crippen LogP contribution in [0.1, 0.15) is 0 Å². The van der Waals surface area contributed by atoms with Crippen molar-refractivity contribution in [3.05, 3.63) is 170 Å². The van der Waals surface area contributed by atoms with Crippen molar-refractivity contribution in [2.45, 2.75) is 0 Å². The molecule has 7 aromatic carbocycles. The first-order chi connectivity index (χ1) is 22.8. The second-order valence-corrected chi connectivity index (χ2v) is 13.6. The number of hydrogen-bond donors (Lipinski definition) is 0. The van der Waals surface area contributed by atoms with Crippen LogP contribution >= 0.6 is 22.7 Å². The van der Waals surface area contributed by atoms with Crippen LogP contribution in [0.15, 0.2) is 170 Å². The highest BCUT2D eigenvalue weighted by Crippen LogP contribution is 2.44. The van der Waals surface area contributed by atoms with Crippen molar-refractivity contribution in [1.82, 2.24) is 0 Å². The first-order valence-corrected chi connectivity index (χ1v) is 17.1. The molecule has 46 heavy (non-hydrogen) atoms. The summed E-state index contributed by atoms with van der Waals surface area (Å²) in [5.41, 5.74) is 6.90. The molecule has 9 aromatic rings. The van der Waals surface area contributed by atoms with E-state index in [1.807, 2.05) is 22.7 Å². The van der Waals surface area contributed by atoms with Crippen molar-refractivity contribution < 1.29 is 0 Å². The molecular weight excluding hydrogens is 597 g/mol. The summed E-state index contributed by atoms with van der Waals surface area (Å²) in [5.74, 6) is 0. The molecule has 0 spiro atoms. The lowest BCUT2D eigenvalue weighted by molar-refractivity contribution is 1.29. The van der Waals surface area contributed by atoms with Gasteiger partial charge in [-0.2, -0.15) is 0 Å². The van der Waals surface area contributed by atoms with Crippen LogP contribution in [0.5, 0.6) is 0 Å². The normalized spacial score (nSPS) is 11.5. The minimum absolute atomic E-state index is 1.14. The van der Waals surface area contributed by atoms with E-state index in [2.05, 4.69) is 180 Å². The molecule has 0 radical (unpaired) electrons.